The Balaban J connectivity index is 3.16. The van der Waals surface area contributed by atoms with Crippen LogP contribution in [0, 0.1) is 0 Å². The van der Waals surface area contributed by atoms with Crippen molar-refractivity contribution in [3.63, 3.8) is 0 Å². The number of hydrogen-bond donors (Lipinski definition) is 5. The summed E-state index contributed by atoms with van der Waals surface area (Å²) in [5.74, 6) is -1.51. The standard InChI is InChI=1S/C19H29NO9/c1-10(2)20-14-7-13(9-27-12(4)22)5-6-16(14)29-19(17(24)15(23)8-21)28-11(3)18(25)26/h5-7,10-11,15,17,19-21,23-24H,8-9H2,1-4H3,(H,25,26). The van der Waals surface area contributed by atoms with Crippen LogP contribution in [0.2, 0.25) is 0 Å². The Morgan fingerprint density at radius 1 is 1.17 bits per heavy atom. The Morgan fingerprint density at radius 3 is 2.34 bits per heavy atom. The van der Waals surface area contributed by atoms with Gasteiger partial charge < -0.3 is 40.0 Å². The molecule has 164 valence electrons. The third kappa shape index (κ3) is 8.24. The minimum atomic E-state index is -1.71. The van der Waals surface area contributed by atoms with Gasteiger partial charge in [-0.1, -0.05) is 6.07 Å². The third-order valence-electron chi connectivity index (χ3n) is 3.72. The molecule has 1 aromatic rings. The number of benzene rings is 1. The Kier molecular flexibility index (Phi) is 9.83. The lowest BCUT2D eigenvalue weighted by Gasteiger charge is -2.29. The average molecular weight is 415 g/mol. The number of carboxylic acid groups (broad SMARTS) is 1. The van der Waals surface area contributed by atoms with Gasteiger partial charge >= 0.3 is 11.9 Å². The second kappa shape index (κ2) is 11.6. The quantitative estimate of drug-likeness (QED) is 0.240. The fourth-order valence-electron chi connectivity index (χ4n) is 2.23. The molecule has 0 aliphatic carbocycles. The molecule has 5 N–H and O–H groups in total. The molecular formula is C19H29NO9. The van der Waals surface area contributed by atoms with E-state index in [1.54, 1.807) is 12.1 Å². The topological polar surface area (TPSA) is 155 Å². The molecule has 0 saturated carbocycles. The number of carbonyl (C=O) groups is 2. The van der Waals surface area contributed by atoms with E-state index >= 15 is 0 Å². The van der Waals surface area contributed by atoms with Crippen LogP contribution < -0.4 is 10.1 Å². The highest BCUT2D eigenvalue weighted by Crippen LogP contribution is 2.29. The number of nitrogens with one attached hydrogen (secondary N) is 1. The lowest BCUT2D eigenvalue weighted by Crippen LogP contribution is -2.46. The van der Waals surface area contributed by atoms with Crippen LogP contribution in [0.5, 0.6) is 5.75 Å². The van der Waals surface area contributed by atoms with Crippen LogP contribution in [0.3, 0.4) is 0 Å². The predicted octanol–water partition coefficient (Wildman–Crippen LogP) is 0.479. The molecule has 0 aromatic heterocycles. The summed E-state index contributed by atoms with van der Waals surface area (Å²) < 4.78 is 15.9. The summed E-state index contributed by atoms with van der Waals surface area (Å²) >= 11 is 0. The summed E-state index contributed by atoms with van der Waals surface area (Å²) in [6.45, 7) is 5.58. The fraction of sp³-hybridized carbons (Fsp3) is 0.579. The molecule has 0 bridgehead atoms. The molecule has 0 radical (unpaired) electrons. The predicted molar refractivity (Wildman–Crippen MR) is 102 cm³/mol. The minimum absolute atomic E-state index is 0.00778. The van der Waals surface area contributed by atoms with Crippen molar-refractivity contribution in [3.8, 4) is 5.75 Å². The molecule has 10 heteroatoms. The van der Waals surface area contributed by atoms with Crippen LogP contribution in [-0.4, -0.2) is 69.6 Å². The summed E-state index contributed by atoms with van der Waals surface area (Å²) in [5.41, 5.74) is 1.15. The van der Waals surface area contributed by atoms with Gasteiger partial charge in [-0.05, 0) is 38.5 Å². The monoisotopic (exact) mass is 415 g/mol. The average Bonchev–Trinajstić information content (AvgIpc) is 2.65. The molecule has 1 aromatic carbocycles. The highest BCUT2D eigenvalue weighted by Gasteiger charge is 2.32. The summed E-state index contributed by atoms with van der Waals surface area (Å²) in [5, 5.41) is 41.2. The Hall–Kier alpha value is -2.40. The number of aliphatic hydroxyl groups is 3. The number of aliphatic hydroxyl groups excluding tert-OH is 3. The maximum Gasteiger partial charge on any atom is 0.332 e. The van der Waals surface area contributed by atoms with Crippen LogP contribution in [0.1, 0.15) is 33.3 Å². The molecule has 0 aliphatic heterocycles. The molecule has 0 saturated heterocycles. The van der Waals surface area contributed by atoms with Crippen molar-refractivity contribution in [3.05, 3.63) is 23.8 Å². The van der Waals surface area contributed by atoms with Gasteiger partial charge in [0.15, 0.2) is 6.10 Å². The van der Waals surface area contributed by atoms with Crippen molar-refractivity contribution < 1.29 is 44.2 Å². The van der Waals surface area contributed by atoms with E-state index in [-0.39, 0.29) is 18.4 Å². The number of hydrogen-bond acceptors (Lipinski definition) is 9. The zero-order valence-electron chi connectivity index (χ0n) is 16.9. The lowest BCUT2D eigenvalue weighted by atomic mass is 10.1. The van der Waals surface area contributed by atoms with Crippen LogP contribution in [0.15, 0.2) is 18.2 Å². The number of anilines is 1. The summed E-state index contributed by atoms with van der Waals surface area (Å²) in [7, 11) is 0. The maximum atomic E-state index is 11.1. The summed E-state index contributed by atoms with van der Waals surface area (Å²) in [6.07, 6.45) is -6.24. The zero-order valence-corrected chi connectivity index (χ0v) is 16.9. The maximum absolute atomic E-state index is 11.1. The highest BCUT2D eigenvalue weighted by atomic mass is 16.7. The van der Waals surface area contributed by atoms with E-state index in [0.717, 1.165) is 0 Å². The van der Waals surface area contributed by atoms with Gasteiger partial charge in [0.25, 0.3) is 0 Å². The van der Waals surface area contributed by atoms with Crippen molar-refractivity contribution in [1.29, 1.82) is 0 Å². The van der Waals surface area contributed by atoms with E-state index in [4.69, 9.17) is 24.4 Å². The summed E-state index contributed by atoms with van der Waals surface area (Å²) in [6, 6.07) is 4.82. The number of carboxylic acids is 1. The molecule has 10 nitrogen and oxygen atoms in total. The Bertz CT molecular complexity index is 680. The zero-order chi connectivity index (χ0) is 22.1. The first kappa shape index (κ1) is 24.6. The first-order valence-electron chi connectivity index (χ1n) is 9.09. The number of aliphatic carboxylic acids is 1. The third-order valence-corrected chi connectivity index (χ3v) is 3.72. The van der Waals surface area contributed by atoms with Gasteiger partial charge in [-0.25, -0.2) is 4.79 Å². The minimum Gasteiger partial charge on any atom is -0.479 e. The molecule has 0 amide bonds. The normalized spacial score (nSPS) is 15.3. The van der Waals surface area contributed by atoms with Crippen molar-refractivity contribution in [2.24, 2.45) is 0 Å². The van der Waals surface area contributed by atoms with Crippen LogP contribution in [0.25, 0.3) is 0 Å². The largest absolute Gasteiger partial charge is 0.479 e. The molecule has 0 fully saturated rings. The van der Waals surface area contributed by atoms with Crippen LogP contribution in [0.4, 0.5) is 5.69 Å². The highest BCUT2D eigenvalue weighted by molar-refractivity contribution is 5.71. The molecule has 29 heavy (non-hydrogen) atoms. The molecule has 1 rings (SSSR count). The number of esters is 1. The number of carbonyl (C=O) groups excluding carboxylic acids is 1. The first-order chi connectivity index (χ1) is 13.5. The van der Waals surface area contributed by atoms with Gasteiger partial charge in [0.1, 0.15) is 24.6 Å². The lowest BCUT2D eigenvalue weighted by molar-refractivity contribution is -0.205. The number of ether oxygens (including phenoxy) is 3. The second-order valence-corrected chi connectivity index (χ2v) is 6.75. The summed E-state index contributed by atoms with van der Waals surface area (Å²) in [4.78, 5) is 22.1. The van der Waals surface area contributed by atoms with Gasteiger partial charge in [0.2, 0.25) is 6.29 Å². The van der Waals surface area contributed by atoms with E-state index in [1.165, 1.54) is 19.9 Å². The van der Waals surface area contributed by atoms with Crippen molar-refractivity contribution >= 4 is 17.6 Å². The molecule has 4 unspecified atom stereocenters. The molecule has 0 heterocycles. The molecular weight excluding hydrogens is 386 g/mol. The van der Waals surface area contributed by atoms with E-state index in [9.17, 15) is 19.8 Å². The van der Waals surface area contributed by atoms with Crippen molar-refractivity contribution in [2.75, 3.05) is 11.9 Å². The first-order valence-corrected chi connectivity index (χ1v) is 9.09. The van der Waals surface area contributed by atoms with Crippen LogP contribution >= 0.6 is 0 Å². The fourth-order valence-corrected chi connectivity index (χ4v) is 2.23. The van der Waals surface area contributed by atoms with Gasteiger partial charge in [0.05, 0.1) is 12.3 Å². The van der Waals surface area contributed by atoms with Gasteiger partial charge in [-0.2, -0.15) is 0 Å². The number of rotatable bonds is 12. The van der Waals surface area contributed by atoms with Gasteiger partial charge in [0, 0.05) is 13.0 Å². The van der Waals surface area contributed by atoms with Crippen LogP contribution in [-0.2, 0) is 25.7 Å². The Labute approximate surface area is 169 Å². The molecule has 4 atom stereocenters. The smallest absolute Gasteiger partial charge is 0.332 e. The van der Waals surface area contributed by atoms with Gasteiger partial charge in [-0.15, -0.1) is 0 Å². The molecule has 0 spiro atoms. The second-order valence-electron chi connectivity index (χ2n) is 6.75. The SMILES string of the molecule is CC(=O)OCc1ccc(OC(OC(C)C(=O)O)C(O)C(O)CO)c(NC(C)C)c1. The van der Waals surface area contributed by atoms with E-state index in [1.807, 2.05) is 13.8 Å². The van der Waals surface area contributed by atoms with Crippen molar-refractivity contribution in [1.82, 2.24) is 0 Å². The van der Waals surface area contributed by atoms with E-state index < -0.39 is 43.1 Å². The molecule has 0 aliphatic rings. The van der Waals surface area contributed by atoms with E-state index in [0.29, 0.717) is 11.3 Å². The Morgan fingerprint density at radius 2 is 1.83 bits per heavy atom. The van der Waals surface area contributed by atoms with Gasteiger partial charge in [-0.3, -0.25) is 4.79 Å². The van der Waals surface area contributed by atoms with Crippen molar-refractivity contribution in [2.45, 2.75) is 64.9 Å². The van der Waals surface area contributed by atoms with E-state index in [2.05, 4.69) is 5.32 Å².